The number of nitrogens with two attached hydrogens (primary N) is 1. The van der Waals surface area contributed by atoms with Crippen molar-refractivity contribution in [2.45, 2.75) is 45.4 Å². The van der Waals surface area contributed by atoms with Gasteiger partial charge < -0.3 is 32.6 Å². The van der Waals surface area contributed by atoms with Crippen molar-refractivity contribution in [2.75, 3.05) is 6.54 Å². The molecule has 0 radical (unpaired) electrons. The summed E-state index contributed by atoms with van der Waals surface area (Å²) in [4.78, 5) is 16.4. The first-order valence-corrected chi connectivity index (χ1v) is 15.1. The predicted molar refractivity (Wildman–Crippen MR) is 163 cm³/mol. The lowest BCUT2D eigenvalue weighted by atomic mass is 9.82. The molecule has 3 N–H and O–H groups in total. The number of benzene rings is 3. The monoisotopic (exact) mass is 726 g/mol. The molecule has 0 bridgehead atoms. The van der Waals surface area contributed by atoms with Crippen molar-refractivity contribution >= 4 is 17.3 Å². The molecule has 0 fully saturated rings. The van der Waals surface area contributed by atoms with Crippen molar-refractivity contribution in [3.8, 4) is 23.1 Å². The first kappa shape index (κ1) is 35.4. The molecule has 2 heterocycles. The molecule has 3 aromatic carbocycles. The molecule has 5 aromatic rings. The summed E-state index contributed by atoms with van der Waals surface area (Å²) in [6, 6.07) is 13.7. The van der Waals surface area contributed by atoms with Gasteiger partial charge in [-0.05, 0) is 60.9 Å². The molecular weight excluding hydrogens is 697 g/mol. The third kappa shape index (κ3) is 7.60. The number of halogens is 4. The molecule has 0 aliphatic heterocycles. The zero-order chi connectivity index (χ0) is 33.2. The van der Waals surface area contributed by atoms with Gasteiger partial charge in [0, 0.05) is 33.6 Å². The van der Waals surface area contributed by atoms with Crippen molar-refractivity contribution in [2.24, 2.45) is 5.73 Å². The van der Waals surface area contributed by atoms with Crippen molar-refractivity contribution in [3.63, 3.8) is 0 Å². The van der Waals surface area contributed by atoms with E-state index in [4.69, 9.17) is 15.7 Å². The Kier molecular flexibility index (Phi) is 11.0. The molecule has 2 aromatic heterocycles. The zero-order valence-corrected chi connectivity index (χ0v) is 27.9. The van der Waals surface area contributed by atoms with Crippen LogP contribution in [0.1, 0.15) is 45.7 Å². The van der Waals surface area contributed by atoms with Crippen molar-refractivity contribution in [1.29, 1.82) is 5.26 Å². The minimum Gasteiger partial charge on any atom is -1.00 e. The number of thiazole rings is 1. The maximum atomic E-state index is 15.3. The molecule has 0 unspecified atom stereocenters. The standard InChI is InChI=1S/C33H30F3N6O3S.BrH/c1-19-8-23(9-20(2)31(19)45-30(43)13-38)14-41-17-39-42(18-41)16-33(44,25-10-27(35)28(36)11-26(25)34)21(3)32-40-29(15-46-32)24-6-4-22(12-37)5-7-24;/h4-11,15,17-18,21,44H,13-14,16,38H2,1-3H3;1H/q+1;/p-1/t21-,33+;/m0./s1. The molecule has 5 rings (SSSR count). The molecule has 14 heteroatoms. The number of aliphatic hydroxyl groups is 1. The third-order valence-corrected chi connectivity index (χ3v) is 8.72. The van der Waals surface area contributed by atoms with Gasteiger partial charge in [0.15, 0.2) is 11.6 Å². The minimum absolute atomic E-state index is 0. The zero-order valence-electron chi connectivity index (χ0n) is 25.5. The predicted octanol–water partition coefficient (Wildman–Crippen LogP) is 1.81. The molecular formula is C33H30BrF3N6O3S. The summed E-state index contributed by atoms with van der Waals surface area (Å²) in [5.41, 5.74) is 6.99. The van der Waals surface area contributed by atoms with Gasteiger partial charge >= 0.3 is 5.97 Å². The Labute approximate surface area is 283 Å². The van der Waals surface area contributed by atoms with E-state index >= 15 is 4.39 Å². The highest BCUT2D eigenvalue weighted by Crippen LogP contribution is 2.42. The summed E-state index contributed by atoms with van der Waals surface area (Å²) < 4.78 is 52.1. The quantitative estimate of drug-likeness (QED) is 0.0972. The molecule has 47 heavy (non-hydrogen) atoms. The maximum Gasteiger partial charge on any atom is 0.325 e. The third-order valence-electron chi connectivity index (χ3n) is 7.70. The summed E-state index contributed by atoms with van der Waals surface area (Å²) in [6.07, 6.45) is 3.12. The smallest absolute Gasteiger partial charge is 0.325 e. The first-order valence-electron chi connectivity index (χ1n) is 14.2. The number of aryl methyl sites for hydroxylation is 2. The largest absolute Gasteiger partial charge is 1.00 e. The maximum absolute atomic E-state index is 15.3. The van der Waals surface area contributed by atoms with Gasteiger partial charge in [0.1, 0.15) is 23.7 Å². The molecule has 0 amide bonds. The Balaban J connectivity index is 0.00000500. The van der Waals surface area contributed by atoms with Crippen LogP contribution in [0.4, 0.5) is 13.2 Å². The fourth-order valence-electron chi connectivity index (χ4n) is 5.28. The second-order valence-electron chi connectivity index (χ2n) is 11.0. The number of rotatable bonds is 10. The Bertz CT molecular complexity index is 1940. The summed E-state index contributed by atoms with van der Waals surface area (Å²) >= 11 is 1.22. The van der Waals surface area contributed by atoms with Gasteiger partial charge in [0.25, 0.3) is 6.33 Å². The summed E-state index contributed by atoms with van der Waals surface area (Å²) in [6.45, 7) is 5.06. The van der Waals surface area contributed by atoms with Crippen molar-refractivity contribution in [1.82, 2.24) is 14.8 Å². The van der Waals surface area contributed by atoms with E-state index in [0.717, 1.165) is 22.3 Å². The summed E-state index contributed by atoms with van der Waals surface area (Å²) in [5, 5.41) is 27.8. The van der Waals surface area contributed by atoms with Gasteiger partial charge in [-0.3, -0.25) is 4.79 Å². The number of aromatic nitrogens is 4. The number of hydrogen-bond donors (Lipinski definition) is 2. The van der Waals surface area contributed by atoms with Crippen molar-refractivity contribution < 1.29 is 49.4 Å². The highest BCUT2D eigenvalue weighted by molar-refractivity contribution is 7.10. The Morgan fingerprint density at radius 1 is 1.13 bits per heavy atom. The molecule has 0 spiro atoms. The molecule has 0 aliphatic carbocycles. The summed E-state index contributed by atoms with van der Waals surface area (Å²) in [7, 11) is 0. The number of carbonyl (C=O) groups excluding carboxylic acids is 1. The lowest BCUT2D eigenvalue weighted by molar-refractivity contribution is -0.689. The average molecular weight is 728 g/mol. The van der Waals surface area contributed by atoms with E-state index in [0.29, 0.717) is 40.7 Å². The van der Waals surface area contributed by atoms with E-state index in [1.54, 1.807) is 47.5 Å². The lowest BCUT2D eigenvalue weighted by Gasteiger charge is -2.32. The van der Waals surface area contributed by atoms with Gasteiger partial charge in [-0.2, -0.15) is 5.26 Å². The van der Waals surface area contributed by atoms with Crippen LogP contribution in [0.25, 0.3) is 11.3 Å². The van der Waals surface area contributed by atoms with Crippen LogP contribution in [0, 0.1) is 42.6 Å². The van der Waals surface area contributed by atoms with Crippen LogP contribution in [-0.4, -0.2) is 32.4 Å². The number of carbonyl (C=O) groups is 1. The second-order valence-corrected chi connectivity index (χ2v) is 11.9. The topological polar surface area (TPSA) is 131 Å². The van der Waals surface area contributed by atoms with E-state index in [-0.39, 0.29) is 30.1 Å². The average Bonchev–Trinajstić information content (AvgIpc) is 3.70. The van der Waals surface area contributed by atoms with E-state index in [9.17, 15) is 18.7 Å². The molecule has 9 nitrogen and oxygen atoms in total. The Morgan fingerprint density at radius 2 is 1.79 bits per heavy atom. The van der Waals surface area contributed by atoms with Crippen LogP contribution < -0.4 is 32.0 Å². The number of nitriles is 1. The molecule has 244 valence electrons. The second kappa shape index (κ2) is 14.6. The highest BCUT2D eigenvalue weighted by atomic mass is 79.9. The van der Waals surface area contributed by atoms with E-state index in [2.05, 4.69) is 16.2 Å². The number of esters is 1. The lowest BCUT2D eigenvalue weighted by Crippen LogP contribution is -3.00. The first-order chi connectivity index (χ1) is 21.9. The molecule has 0 saturated carbocycles. The number of hydrogen-bond acceptors (Lipinski definition) is 8. The Morgan fingerprint density at radius 3 is 2.43 bits per heavy atom. The SMILES string of the molecule is Cc1cc(C[n+]2cnn(C[C@](O)(c3cc(F)c(F)cc3F)[C@@H](C)c3nc(-c4ccc(C#N)cc4)cs3)c2)cc(C)c1OC(=O)CN.[Br-]. The molecule has 2 atom stereocenters. The van der Waals surface area contributed by atoms with E-state index in [1.807, 2.05) is 26.0 Å². The molecule has 0 saturated heterocycles. The van der Waals surface area contributed by atoms with Crippen LogP contribution >= 0.6 is 11.3 Å². The van der Waals surface area contributed by atoms with Crippen LogP contribution in [0.15, 0.2) is 66.6 Å². The minimum atomic E-state index is -2.11. The van der Waals surface area contributed by atoms with Crippen LogP contribution in [0.2, 0.25) is 0 Å². The summed E-state index contributed by atoms with van der Waals surface area (Å²) in [5.74, 6) is -4.79. The van der Waals surface area contributed by atoms with Gasteiger partial charge in [0.05, 0.1) is 35.4 Å². The van der Waals surface area contributed by atoms with Crippen molar-refractivity contribution in [3.05, 3.63) is 117 Å². The van der Waals surface area contributed by atoms with Crippen LogP contribution in [-0.2, 0) is 23.5 Å². The van der Waals surface area contributed by atoms with Gasteiger partial charge in [0.2, 0.25) is 6.33 Å². The van der Waals surface area contributed by atoms with E-state index in [1.165, 1.54) is 22.3 Å². The van der Waals surface area contributed by atoms with Crippen LogP contribution in [0.3, 0.4) is 0 Å². The number of ether oxygens (including phenoxy) is 1. The fourth-order valence-corrected chi connectivity index (χ4v) is 6.25. The van der Waals surface area contributed by atoms with E-state index < -0.39 is 40.5 Å². The highest BCUT2D eigenvalue weighted by Gasteiger charge is 2.44. The Hall–Kier alpha value is -4.42. The normalized spacial score (nSPS) is 12.9. The van der Waals surface area contributed by atoms with Crippen LogP contribution in [0.5, 0.6) is 5.75 Å². The van der Waals surface area contributed by atoms with Gasteiger partial charge in [-0.15, -0.1) is 16.0 Å². The number of nitrogens with zero attached hydrogens (tertiary/aromatic N) is 5. The van der Waals surface area contributed by atoms with Gasteiger partial charge in [-0.1, -0.05) is 19.1 Å². The molecule has 0 aliphatic rings. The fraction of sp³-hybridized carbons (Fsp3) is 0.242. The van der Waals surface area contributed by atoms with Gasteiger partial charge in [-0.25, -0.2) is 22.7 Å².